The van der Waals surface area contributed by atoms with Crippen molar-refractivity contribution in [3.63, 3.8) is 0 Å². The first kappa shape index (κ1) is 10.4. The molecule has 4 nitrogen and oxygen atoms in total. The third-order valence-corrected chi connectivity index (χ3v) is 3.12. The Labute approximate surface area is 103 Å². The number of aromatic nitrogens is 2. The minimum absolute atomic E-state index is 0.0277. The molecule has 0 atom stereocenters. The Morgan fingerprint density at radius 2 is 2.35 bits per heavy atom. The molecule has 0 radical (unpaired) electrons. The van der Waals surface area contributed by atoms with Gasteiger partial charge in [0.1, 0.15) is 5.88 Å². The fourth-order valence-electron chi connectivity index (χ4n) is 2.14. The second-order valence-electron chi connectivity index (χ2n) is 4.00. The number of fused-ring (bicyclic) bond motifs is 3. The van der Waals surface area contributed by atoms with E-state index in [1.807, 2.05) is 24.4 Å². The molecule has 1 aliphatic rings. The lowest BCUT2D eigenvalue weighted by Gasteiger charge is -2.05. The number of hydrogen-bond donors (Lipinski definition) is 2. The average molecular weight is 248 g/mol. The Bertz CT molecular complexity index is 591. The van der Waals surface area contributed by atoms with Crippen molar-refractivity contribution in [2.45, 2.75) is 6.42 Å². The van der Waals surface area contributed by atoms with Crippen LogP contribution in [-0.4, -0.2) is 22.0 Å². The van der Waals surface area contributed by atoms with E-state index in [0.29, 0.717) is 0 Å². The van der Waals surface area contributed by atoms with Crippen LogP contribution in [0, 0.1) is 0 Å². The number of alkyl halides is 1. The molecule has 1 heterocycles. The van der Waals surface area contributed by atoms with Crippen LogP contribution in [-0.2, 0) is 11.2 Å². The first-order valence-corrected chi connectivity index (χ1v) is 5.83. The number of amides is 1. The van der Waals surface area contributed by atoms with Crippen LogP contribution in [0.1, 0.15) is 11.1 Å². The molecule has 0 bridgehead atoms. The number of halogens is 1. The van der Waals surface area contributed by atoms with Gasteiger partial charge in [0.2, 0.25) is 5.91 Å². The zero-order chi connectivity index (χ0) is 11.8. The van der Waals surface area contributed by atoms with Gasteiger partial charge in [-0.1, -0.05) is 6.07 Å². The van der Waals surface area contributed by atoms with Crippen LogP contribution in [0.4, 0.5) is 5.69 Å². The van der Waals surface area contributed by atoms with Crippen molar-refractivity contribution in [3.05, 3.63) is 35.5 Å². The number of H-pyrrole nitrogens is 1. The third-order valence-electron chi connectivity index (χ3n) is 2.88. The van der Waals surface area contributed by atoms with Crippen molar-refractivity contribution in [2.24, 2.45) is 0 Å². The van der Waals surface area contributed by atoms with Gasteiger partial charge in [0, 0.05) is 23.2 Å². The van der Waals surface area contributed by atoms with E-state index in [2.05, 4.69) is 15.5 Å². The van der Waals surface area contributed by atoms with Gasteiger partial charge in [-0.2, -0.15) is 5.10 Å². The molecule has 2 aromatic rings. The minimum Gasteiger partial charge on any atom is -0.325 e. The molecule has 1 aromatic carbocycles. The molecule has 0 saturated heterocycles. The average Bonchev–Trinajstić information content (AvgIpc) is 2.88. The maximum absolute atomic E-state index is 11.2. The van der Waals surface area contributed by atoms with Crippen molar-refractivity contribution >= 4 is 23.2 Å². The monoisotopic (exact) mass is 247 g/mol. The summed E-state index contributed by atoms with van der Waals surface area (Å²) in [6, 6.07) is 5.84. The van der Waals surface area contributed by atoms with E-state index < -0.39 is 0 Å². The molecule has 1 amide bonds. The molecule has 0 saturated carbocycles. The van der Waals surface area contributed by atoms with E-state index in [4.69, 9.17) is 11.6 Å². The molecule has 0 fully saturated rings. The van der Waals surface area contributed by atoms with E-state index in [1.165, 1.54) is 11.1 Å². The lowest BCUT2D eigenvalue weighted by molar-refractivity contribution is -0.113. The Morgan fingerprint density at radius 1 is 1.47 bits per heavy atom. The molecule has 3 rings (SSSR count). The zero-order valence-electron chi connectivity index (χ0n) is 8.96. The van der Waals surface area contributed by atoms with E-state index in [9.17, 15) is 4.79 Å². The number of rotatable bonds is 2. The summed E-state index contributed by atoms with van der Waals surface area (Å²) >= 11 is 5.45. The summed E-state index contributed by atoms with van der Waals surface area (Å²) in [5.74, 6) is -0.218. The lowest BCUT2D eigenvalue weighted by atomic mass is 10.1. The second kappa shape index (κ2) is 3.89. The number of benzene rings is 1. The lowest BCUT2D eigenvalue weighted by Crippen LogP contribution is -2.12. The summed E-state index contributed by atoms with van der Waals surface area (Å²) in [4.78, 5) is 11.2. The van der Waals surface area contributed by atoms with Gasteiger partial charge in [0.25, 0.3) is 0 Å². The van der Waals surface area contributed by atoms with Crippen molar-refractivity contribution < 1.29 is 4.79 Å². The van der Waals surface area contributed by atoms with E-state index in [-0.39, 0.29) is 11.8 Å². The van der Waals surface area contributed by atoms with Crippen molar-refractivity contribution in [2.75, 3.05) is 11.2 Å². The van der Waals surface area contributed by atoms with Crippen LogP contribution < -0.4 is 5.32 Å². The highest BCUT2D eigenvalue weighted by Crippen LogP contribution is 2.35. The number of nitrogens with one attached hydrogen (secondary N) is 2. The number of anilines is 1. The van der Waals surface area contributed by atoms with Crippen LogP contribution in [0.3, 0.4) is 0 Å². The summed E-state index contributed by atoms with van der Waals surface area (Å²) in [5.41, 5.74) is 5.41. The smallest absolute Gasteiger partial charge is 0.239 e. The van der Waals surface area contributed by atoms with Gasteiger partial charge in [-0.15, -0.1) is 11.6 Å². The van der Waals surface area contributed by atoms with Gasteiger partial charge in [0.15, 0.2) is 0 Å². The normalized spacial score (nSPS) is 12.1. The van der Waals surface area contributed by atoms with Crippen LogP contribution >= 0.6 is 11.6 Å². The Balaban J connectivity index is 1.94. The molecule has 5 heteroatoms. The van der Waals surface area contributed by atoms with Crippen molar-refractivity contribution in [3.8, 4) is 11.3 Å². The molecule has 0 unspecified atom stereocenters. The van der Waals surface area contributed by atoms with Crippen LogP contribution in [0.5, 0.6) is 0 Å². The molecule has 0 spiro atoms. The molecule has 0 aliphatic heterocycles. The molecule has 2 N–H and O–H groups in total. The number of carbonyl (C=O) groups excluding carboxylic acids is 1. The van der Waals surface area contributed by atoms with Crippen LogP contribution in [0.15, 0.2) is 24.4 Å². The summed E-state index contributed by atoms with van der Waals surface area (Å²) < 4.78 is 0. The van der Waals surface area contributed by atoms with Crippen LogP contribution in [0.2, 0.25) is 0 Å². The molecule has 17 heavy (non-hydrogen) atoms. The fraction of sp³-hybridized carbons (Fsp3) is 0.167. The van der Waals surface area contributed by atoms with Gasteiger partial charge in [-0.05, 0) is 17.7 Å². The van der Waals surface area contributed by atoms with Crippen molar-refractivity contribution in [1.82, 2.24) is 10.2 Å². The molecular weight excluding hydrogens is 238 g/mol. The Kier molecular flexibility index (Phi) is 2.37. The highest BCUT2D eigenvalue weighted by molar-refractivity contribution is 6.29. The van der Waals surface area contributed by atoms with E-state index >= 15 is 0 Å². The van der Waals surface area contributed by atoms with Crippen LogP contribution in [0.25, 0.3) is 11.3 Å². The second-order valence-corrected chi connectivity index (χ2v) is 4.27. The Morgan fingerprint density at radius 3 is 3.18 bits per heavy atom. The van der Waals surface area contributed by atoms with Gasteiger partial charge in [-0.3, -0.25) is 9.89 Å². The van der Waals surface area contributed by atoms with Gasteiger partial charge < -0.3 is 5.32 Å². The SMILES string of the molecule is O=C(CCl)Nc1ccc2c(c1)Cc1cn[nH]c1-2. The van der Waals surface area contributed by atoms with E-state index in [1.54, 1.807) is 0 Å². The quantitative estimate of drug-likeness (QED) is 0.682. The van der Waals surface area contributed by atoms with Gasteiger partial charge >= 0.3 is 0 Å². The topological polar surface area (TPSA) is 57.8 Å². The van der Waals surface area contributed by atoms with Gasteiger partial charge in [-0.25, -0.2) is 0 Å². The summed E-state index contributed by atoms with van der Waals surface area (Å²) in [7, 11) is 0. The number of carbonyl (C=O) groups is 1. The zero-order valence-corrected chi connectivity index (χ0v) is 9.71. The predicted octanol–water partition coefficient (Wildman–Crippen LogP) is 2.16. The first-order valence-electron chi connectivity index (χ1n) is 5.29. The molecular formula is C12H10ClN3O. The number of nitrogens with zero attached hydrogens (tertiary/aromatic N) is 1. The fourth-order valence-corrected chi connectivity index (χ4v) is 2.21. The van der Waals surface area contributed by atoms with Gasteiger partial charge in [0.05, 0.1) is 11.9 Å². The van der Waals surface area contributed by atoms with Crippen molar-refractivity contribution in [1.29, 1.82) is 0 Å². The molecule has 86 valence electrons. The minimum atomic E-state index is -0.190. The largest absolute Gasteiger partial charge is 0.325 e. The number of aromatic amines is 1. The molecule has 1 aliphatic carbocycles. The highest BCUT2D eigenvalue weighted by Gasteiger charge is 2.20. The standard InChI is InChI=1S/C12H10ClN3O/c13-5-11(17)15-9-1-2-10-7(4-9)3-8-6-14-16-12(8)10/h1-2,4,6H,3,5H2,(H,14,16)(H,15,17). The summed E-state index contributed by atoms with van der Waals surface area (Å²) in [6.07, 6.45) is 2.69. The highest BCUT2D eigenvalue weighted by atomic mass is 35.5. The first-order chi connectivity index (χ1) is 8.28. The van der Waals surface area contributed by atoms with E-state index in [0.717, 1.165) is 23.4 Å². The number of hydrogen-bond acceptors (Lipinski definition) is 2. The summed E-state index contributed by atoms with van der Waals surface area (Å²) in [5, 5.41) is 9.74. The third kappa shape index (κ3) is 1.70. The Hall–Kier alpha value is -1.81. The summed E-state index contributed by atoms with van der Waals surface area (Å²) in [6.45, 7) is 0. The maximum Gasteiger partial charge on any atom is 0.239 e. The molecule has 1 aromatic heterocycles. The predicted molar refractivity (Wildman–Crippen MR) is 66.2 cm³/mol. The maximum atomic E-state index is 11.2.